The maximum atomic E-state index is 10.7. The fourth-order valence-corrected chi connectivity index (χ4v) is 2.58. The van der Waals surface area contributed by atoms with Crippen LogP contribution in [-0.4, -0.2) is 18.5 Å². The number of rotatable bonds is 3. The van der Waals surface area contributed by atoms with Gasteiger partial charge in [-0.15, -0.1) is 0 Å². The number of nitro groups is 1. The second-order valence-electron chi connectivity index (χ2n) is 5.25. The SMILES string of the molecule is C[N+]1(c2ccccc2)C=CNC(c2ccc([N+](=O)[O-])o2)C1. The van der Waals surface area contributed by atoms with E-state index in [9.17, 15) is 10.1 Å². The van der Waals surface area contributed by atoms with Crippen LogP contribution in [0.5, 0.6) is 0 Å². The molecule has 1 N–H and O–H groups in total. The van der Waals surface area contributed by atoms with E-state index < -0.39 is 4.92 Å². The van der Waals surface area contributed by atoms with Crippen LogP contribution in [0.15, 0.2) is 59.3 Å². The molecule has 0 bridgehead atoms. The Morgan fingerprint density at radius 1 is 1.29 bits per heavy atom. The monoisotopic (exact) mass is 286 g/mol. The molecule has 1 aromatic heterocycles. The van der Waals surface area contributed by atoms with Crippen molar-refractivity contribution in [3.8, 4) is 0 Å². The number of hydrogen-bond donors (Lipinski definition) is 1. The van der Waals surface area contributed by atoms with E-state index in [0.29, 0.717) is 16.8 Å². The first-order chi connectivity index (χ1) is 10.1. The third-order valence-electron chi connectivity index (χ3n) is 3.74. The number of para-hydroxylation sites is 1. The molecule has 1 aliphatic rings. The number of nitrogens with one attached hydrogen (secondary N) is 1. The predicted molar refractivity (Wildman–Crippen MR) is 79.4 cm³/mol. The summed E-state index contributed by atoms with van der Waals surface area (Å²) in [6, 6.07) is 13.1. The molecular weight excluding hydrogens is 270 g/mol. The van der Waals surface area contributed by atoms with E-state index in [1.807, 2.05) is 24.4 Å². The van der Waals surface area contributed by atoms with Crippen LogP contribution in [-0.2, 0) is 0 Å². The summed E-state index contributed by atoms with van der Waals surface area (Å²) in [5.41, 5.74) is 1.15. The standard InChI is InChI=1S/C15H16N3O3/c1-18(12-5-3-2-4-6-12)10-9-16-13(11-18)14-7-8-15(21-14)17(19)20/h2-10,13,16H,11H2,1H3/q+1. The fourth-order valence-electron chi connectivity index (χ4n) is 2.58. The predicted octanol–water partition coefficient (Wildman–Crippen LogP) is 2.94. The van der Waals surface area contributed by atoms with Crippen LogP contribution in [0.1, 0.15) is 11.8 Å². The molecule has 2 atom stereocenters. The van der Waals surface area contributed by atoms with Crippen molar-refractivity contribution < 1.29 is 9.34 Å². The molecule has 6 heteroatoms. The normalized spacial score (nSPS) is 24.5. The minimum Gasteiger partial charge on any atom is -0.403 e. The molecule has 0 saturated heterocycles. The molecule has 3 rings (SSSR count). The largest absolute Gasteiger partial charge is 0.433 e. The summed E-state index contributed by atoms with van der Waals surface area (Å²) in [6.45, 7) is 0.713. The van der Waals surface area contributed by atoms with Gasteiger partial charge >= 0.3 is 5.88 Å². The van der Waals surface area contributed by atoms with E-state index in [1.165, 1.54) is 6.07 Å². The lowest BCUT2D eigenvalue weighted by molar-refractivity contribution is -0.402. The first-order valence-electron chi connectivity index (χ1n) is 6.67. The topological polar surface area (TPSA) is 68.3 Å². The second kappa shape index (κ2) is 5.06. The molecule has 1 aromatic carbocycles. The van der Waals surface area contributed by atoms with Crippen molar-refractivity contribution in [3.63, 3.8) is 0 Å². The maximum absolute atomic E-state index is 10.7. The number of hydrogen-bond acceptors (Lipinski definition) is 4. The van der Waals surface area contributed by atoms with Gasteiger partial charge in [0.1, 0.15) is 35.2 Å². The highest BCUT2D eigenvalue weighted by Crippen LogP contribution is 2.30. The molecule has 0 fully saturated rings. The Morgan fingerprint density at radius 3 is 2.71 bits per heavy atom. The van der Waals surface area contributed by atoms with E-state index in [1.54, 1.807) is 6.07 Å². The first-order valence-corrected chi connectivity index (χ1v) is 6.67. The summed E-state index contributed by atoms with van der Waals surface area (Å²) in [6.07, 6.45) is 3.93. The summed E-state index contributed by atoms with van der Waals surface area (Å²) < 4.78 is 5.91. The Labute approximate surface area is 122 Å². The van der Waals surface area contributed by atoms with E-state index in [4.69, 9.17) is 4.42 Å². The molecule has 21 heavy (non-hydrogen) atoms. The molecule has 1 aliphatic heterocycles. The van der Waals surface area contributed by atoms with Crippen molar-refractivity contribution in [1.29, 1.82) is 0 Å². The molecule has 2 unspecified atom stereocenters. The van der Waals surface area contributed by atoms with Crippen LogP contribution >= 0.6 is 0 Å². The van der Waals surface area contributed by atoms with Gasteiger partial charge in [0.15, 0.2) is 0 Å². The lowest BCUT2D eigenvalue weighted by Crippen LogP contribution is -2.48. The number of furan rings is 1. The van der Waals surface area contributed by atoms with Gasteiger partial charge in [-0.3, -0.25) is 14.6 Å². The Hall–Kier alpha value is -2.60. The quantitative estimate of drug-likeness (QED) is 0.535. The average Bonchev–Trinajstić information content (AvgIpc) is 2.98. The van der Waals surface area contributed by atoms with Crippen LogP contribution in [0, 0.1) is 10.1 Å². The minimum atomic E-state index is -0.520. The van der Waals surface area contributed by atoms with Crippen molar-refractivity contribution in [2.75, 3.05) is 13.6 Å². The zero-order valence-corrected chi connectivity index (χ0v) is 11.6. The third-order valence-corrected chi connectivity index (χ3v) is 3.74. The number of benzene rings is 1. The number of quaternary nitrogens is 1. The molecule has 0 spiro atoms. The molecule has 0 amide bonds. The summed E-state index contributed by atoms with van der Waals surface area (Å²) in [5, 5.41) is 13.9. The highest BCUT2D eigenvalue weighted by atomic mass is 16.6. The van der Waals surface area contributed by atoms with Gasteiger partial charge < -0.3 is 9.73 Å². The van der Waals surface area contributed by atoms with Crippen LogP contribution in [0.25, 0.3) is 0 Å². The van der Waals surface area contributed by atoms with Gasteiger partial charge in [-0.1, -0.05) is 18.2 Å². The van der Waals surface area contributed by atoms with E-state index in [2.05, 4.69) is 30.7 Å². The van der Waals surface area contributed by atoms with Crippen molar-refractivity contribution in [2.24, 2.45) is 0 Å². The molecule has 108 valence electrons. The lowest BCUT2D eigenvalue weighted by Gasteiger charge is -2.35. The number of likely N-dealkylation sites (N-methyl/N-ethyl adjacent to an activating group) is 1. The molecular formula is C15H16N3O3+. The van der Waals surface area contributed by atoms with Gasteiger partial charge in [-0.05, 0) is 18.2 Å². The minimum absolute atomic E-state index is 0.103. The van der Waals surface area contributed by atoms with Crippen molar-refractivity contribution >= 4 is 11.6 Å². The molecule has 0 radical (unpaired) electrons. The number of nitrogens with zero attached hydrogens (tertiary/aromatic N) is 2. The summed E-state index contributed by atoms with van der Waals surface area (Å²) in [5.74, 6) is 0.349. The summed E-state index contributed by atoms with van der Waals surface area (Å²) in [7, 11) is 2.09. The highest BCUT2D eigenvalue weighted by molar-refractivity contribution is 5.45. The Morgan fingerprint density at radius 2 is 2.05 bits per heavy atom. The summed E-state index contributed by atoms with van der Waals surface area (Å²) in [4.78, 5) is 10.2. The zero-order valence-electron chi connectivity index (χ0n) is 11.6. The Kier molecular flexibility index (Phi) is 3.23. The third kappa shape index (κ3) is 2.53. The van der Waals surface area contributed by atoms with Gasteiger partial charge in [0.05, 0.1) is 19.3 Å². The Bertz CT molecular complexity index is 680. The van der Waals surface area contributed by atoms with Crippen LogP contribution < -0.4 is 9.80 Å². The van der Waals surface area contributed by atoms with Gasteiger partial charge in [-0.2, -0.15) is 0 Å². The molecule has 0 aliphatic carbocycles. The maximum Gasteiger partial charge on any atom is 0.433 e. The average molecular weight is 286 g/mol. The molecule has 0 saturated carbocycles. The van der Waals surface area contributed by atoms with Crippen LogP contribution in [0.4, 0.5) is 11.6 Å². The smallest absolute Gasteiger partial charge is 0.403 e. The molecule has 6 nitrogen and oxygen atoms in total. The fraction of sp³-hybridized carbons (Fsp3) is 0.200. The van der Waals surface area contributed by atoms with E-state index >= 15 is 0 Å². The van der Waals surface area contributed by atoms with E-state index in [-0.39, 0.29) is 11.9 Å². The zero-order chi connectivity index (χ0) is 14.9. The molecule has 2 aromatic rings. The molecule has 2 heterocycles. The van der Waals surface area contributed by atoms with Gasteiger partial charge in [-0.25, -0.2) is 0 Å². The van der Waals surface area contributed by atoms with Crippen LogP contribution in [0.2, 0.25) is 0 Å². The van der Waals surface area contributed by atoms with Gasteiger partial charge in [0.25, 0.3) is 0 Å². The second-order valence-corrected chi connectivity index (χ2v) is 5.25. The van der Waals surface area contributed by atoms with Gasteiger partial charge in [0.2, 0.25) is 0 Å². The van der Waals surface area contributed by atoms with Crippen molar-refractivity contribution in [2.45, 2.75) is 6.04 Å². The Balaban J connectivity index is 1.87. The van der Waals surface area contributed by atoms with Crippen molar-refractivity contribution in [3.05, 3.63) is 70.7 Å². The van der Waals surface area contributed by atoms with Gasteiger partial charge in [0, 0.05) is 0 Å². The first kappa shape index (κ1) is 13.4. The lowest BCUT2D eigenvalue weighted by atomic mass is 10.1. The van der Waals surface area contributed by atoms with Crippen LogP contribution in [0.3, 0.4) is 0 Å². The highest BCUT2D eigenvalue weighted by Gasteiger charge is 2.33. The van der Waals surface area contributed by atoms with Crippen molar-refractivity contribution in [1.82, 2.24) is 9.80 Å². The summed E-state index contributed by atoms with van der Waals surface area (Å²) >= 11 is 0. The van der Waals surface area contributed by atoms with E-state index in [0.717, 1.165) is 5.69 Å².